The molecule has 0 heterocycles. The highest BCUT2D eigenvalue weighted by Gasteiger charge is 2.41. The molecular weight excluding hydrogens is 204 g/mol. The smallest absolute Gasteiger partial charge is 0.0616 e. The van der Waals surface area contributed by atoms with Crippen LogP contribution in [0.25, 0.3) is 0 Å². The van der Waals surface area contributed by atoms with E-state index >= 15 is 0 Å². The average molecular weight is 230 g/mol. The third-order valence-electron chi connectivity index (χ3n) is 4.28. The van der Waals surface area contributed by atoms with Crippen molar-refractivity contribution >= 4 is 0 Å². The molecule has 0 saturated heterocycles. The van der Waals surface area contributed by atoms with E-state index in [1.807, 2.05) is 6.92 Å². The predicted octanol–water partition coefficient (Wildman–Crippen LogP) is 1.55. The van der Waals surface area contributed by atoms with Gasteiger partial charge in [0.1, 0.15) is 0 Å². The molecule has 0 aromatic carbocycles. The van der Waals surface area contributed by atoms with Crippen LogP contribution < -0.4 is 0 Å². The molecule has 3 nitrogen and oxygen atoms in total. The summed E-state index contributed by atoms with van der Waals surface area (Å²) in [5, 5.41) is 29.0. The molecule has 1 rings (SSSR count). The first kappa shape index (κ1) is 13.9. The van der Waals surface area contributed by atoms with E-state index in [9.17, 15) is 10.2 Å². The van der Waals surface area contributed by atoms with Gasteiger partial charge in [0, 0.05) is 6.61 Å². The van der Waals surface area contributed by atoms with Gasteiger partial charge in [-0.2, -0.15) is 0 Å². The fourth-order valence-corrected chi connectivity index (χ4v) is 2.97. The molecule has 3 heteroatoms. The molecule has 1 fully saturated rings. The Morgan fingerprint density at radius 3 is 2.44 bits per heavy atom. The lowest BCUT2D eigenvalue weighted by atomic mass is 9.64. The molecule has 0 aromatic heterocycles. The van der Waals surface area contributed by atoms with Gasteiger partial charge in [0.25, 0.3) is 0 Å². The number of aliphatic hydroxyl groups is 3. The molecule has 1 aliphatic carbocycles. The summed E-state index contributed by atoms with van der Waals surface area (Å²) in [5.74, 6) is 0.851. The molecular formula is C13H26O3. The van der Waals surface area contributed by atoms with E-state index in [4.69, 9.17) is 5.11 Å². The number of hydrogen-bond acceptors (Lipinski definition) is 3. The average Bonchev–Trinajstić information content (AvgIpc) is 2.17. The molecule has 1 unspecified atom stereocenters. The first-order valence-electron chi connectivity index (χ1n) is 6.37. The van der Waals surface area contributed by atoms with Crippen LogP contribution in [0.2, 0.25) is 0 Å². The van der Waals surface area contributed by atoms with Crippen molar-refractivity contribution in [2.75, 3.05) is 6.61 Å². The van der Waals surface area contributed by atoms with Crippen LogP contribution in [-0.2, 0) is 0 Å². The Hall–Kier alpha value is -0.120. The van der Waals surface area contributed by atoms with Crippen molar-refractivity contribution in [2.45, 2.75) is 58.7 Å². The lowest BCUT2D eigenvalue weighted by Gasteiger charge is -2.44. The fraction of sp³-hybridized carbons (Fsp3) is 1.00. The molecule has 96 valence electrons. The van der Waals surface area contributed by atoms with Crippen LogP contribution in [0, 0.1) is 17.3 Å². The Balaban J connectivity index is 2.61. The maximum atomic E-state index is 10.1. The molecule has 16 heavy (non-hydrogen) atoms. The molecule has 0 aliphatic heterocycles. The lowest BCUT2D eigenvalue weighted by molar-refractivity contribution is -0.0732. The third-order valence-corrected chi connectivity index (χ3v) is 4.28. The zero-order chi connectivity index (χ0) is 12.3. The first-order valence-corrected chi connectivity index (χ1v) is 6.37. The fourth-order valence-electron chi connectivity index (χ4n) is 2.97. The van der Waals surface area contributed by atoms with Crippen molar-refractivity contribution in [1.82, 2.24) is 0 Å². The zero-order valence-corrected chi connectivity index (χ0v) is 10.7. The van der Waals surface area contributed by atoms with Gasteiger partial charge in [0.05, 0.1) is 12.2 Å². The second kappa shape index (κ2) is 5.48. The van der Waals surface area contributed by atoms with Gasteiger partial charge in [-0.05, 0) is 42.9 Å². The Morgan fingerprint density at radius 2 is 2.00 bits per heavy atom. The van der Waals surface area contributed by atoms with E-state index < -0.39 is 6.10 Å². The standard InChI is InChI=1S/C13H26O3/c1-9(2)10-4-6-13(3,8-11(10)15)12(16)5-7-14/h9-12,14-16H,4-8H2,1-3H3/t10-,11+,12?,13+/m0/s1. The monoisotopic (exact) mass is 230 g/mol. The number of aliphatic hydroxyl groups excluding tert-OH is 3. The number of hydrogen-bond donors (Lipinski definition) is 3. The Kier molecular flexibility index (Phi) is 4.77. The first-order chi connectivity index (χ1) is 7.40. The van der Waals surface area contributed by atoms with Gasteiger partial charge in [-0.1, -0.05) is 20.8 Å². The predicted molar refractivity (Wildman–Crippen MR) is 64.0 cm³/mol. The van der Waals surface area contributed by atoms with Crippen molar-refractivity contribution in [3.63, 3.8) is 0 Å². The second-order valence-electron chi connectivity index (χ2n) is 5.90. The summed E-state index contributed by atoms with van der Waals surface area (Å²) in [4.78, 5) is 0. The SMILES string of the molecule is CC(C)[C@@H]1CC[C@@](C)(C(O)CCO)C[C@H]1O. The van der Waals surface area contributed by atoms with Gasteiger partial charge in [0.2, 0.25) is 0 Å². The Morgan fingerprint density at radius 1 is 1.38 bits per heavy atom. The van der Waals surface area contributed by atoms with E-state index in [2.05, 4.69) is 13.8 Å². The largest absolute Gasteiger partial charge is 0.396 e. The maximum Gasteiger partial charge on any atom is 0.0616 e. The normalized spacial score (nSPS) is 37.7. The minimum atomic E-state index is -0.500. The summed E-state index contributed by atoms with van der Waals surface area (Å²) in [5.41, 5.74) is -0.229. The molecule has 4 atom stereocenters. The summed E-state index contributed by atoms with van der Waals surface area (Å²) in [7, 11) is 0. The molecule has 0 spiro atoms. The van der Waals surface area contributed by atoms with Crippen LogP contribution in [0.4, 0.5) is 0 Å². The van der Waals surface area contributed by atoms with Crippen LogP contribution in [0.1, 0.15) is 46.5 Å². The molecule has 0 amide bonds. The van der Waals surface area contributed by atoms with E-state index in [-0.39, 0.29) is 18.1 Å². The summed E-state index contributed by atoms with van der Waals surface area (Å²) >= 11 is 0. The van der Waals surface area contributed by atoms with Gasteiger partial charge in [0.15, 0.2) is 0 Å². The van der Waals surface area contributed by atoms with Gasteiger partial charge in [-0.3, -0.25) is 0 Å². The van der Waals surface area contributed by atoms with Crippen molar-refractivity contribution in [2.24, 2.45) is 17.3 Å². The minimum Gasteiger partial charge on any atom is -0.396 e. The quantitative estimate of drug-likeness (QED) is 0.687. The highest BCUT2D eigenvalue weighted by molar-refractivity contribution is 4.92. The van der Waals surface area contributed by atoms with E-state index in [1.165, 1.54) is 0 Å². The van der Waals surface area contributed by atoms with E-state index in [0.29, 0.717) is 24.7 Å². The molecule has 1 saturated carbocycles. The topological polar surface area (TPSA) is 60.7 Å². The molecule has 3 N–H and O–H groups in total. The highest BCUT2D eigenvalue weighted by Crippen LogP contribution is 2.44. The van der Waals surface area contributed by atoms with Crippen LogP contribution in [0.15, 0.2) is 0 Å². The Bertz CT molecular complexity index is 217. The minimum absolute atomic E-state index is 0.0143. The van der Waals surface area contributed by atoms with Gasteiger partial charge < -0.3 is 15.3 Å². The van der Waals surface area contributed by atoms with Crippen molar-refractivity contribution in [3.8, 4) is 0 Å². The second-order valence-corrected chi connectivity index (χ2v) is 5.90. The zero-order valence-electron chi connectivity index (χ0n) is 10.7. The third kappa shape index (κ3) is 2.96. The van der Waals surface area contributed by atoms with Gasteiger partial charge >= 0.3 is 0 Å². The summed E-state index contributed by atoms with van der Waals surface area (Å²) in [6.07, 6.45) is 2.16. The van der Waals surface area contributed by atoms with Crippen molar-refractivity contribution < 1.29 is 15.3 Å². The van der Waals surface area contributed by atoms with E-state index in [0.717, 1.165) is 12.8 Å². The molecule has 0 bridgehead atoms. The van der Waals surface area contributed by atoms with Crippen LogP contribution >= 0.6 is 0 Å². The molecule has 0 radical (unpaired) electrons. The number of rotatable bonds is 4. The maximum absolute atomic E-state index is 10.1. The van der Waals surface area contributed by atoms with Crippen LogP contribution in [0.3, 0.4) is 0 Å². The summed E-state index contributed by atoms with van der Waals surface area (Å²) in [6, 6.07) is 0. The lowest BCUT2D eigenvalue weighted by Crippen LogP contribution is -2.44. The van der Waals surface area contributed by atoms with Crippen molar-refractivity contribution in [3.05, 3.63) is 0 Å². The van der Waals surface area contributed by atoms with Gasteiger partial charge in [-0.15, -0.1) is 0 Å². The summed E-state index contributed by atoms with van der Waals surface area (Å²) in [6.45, 7) is 6.31. The highest BCUT2D eigenvalue weighted by atomic mass is 16.3. The Labute approximate surface area is 98.5 Å². The van der Waals surface area contributed by atoms with E-state index in [1.54, 1.807) is 0 Å². The van der Waals surface area contributed by atoms with Gasteiger partial charge in [-0.25, -0.2) is 0 Å². The van der Waals surface area contributed by atoms with Crippen molar-refractivity contribution in [1.29, 1.82) is 0 Å². The molecule has 1 aliphatic rings. The van der Waals surface area contributed by atoms with Crippen LogP contribution in [0.5, 0.6) is 0 Å². The molecule has 0 aromatic rings. The van der Waals surface area contributed by atoms with Crippen LogP contribution in [-0.4, -0.2) is 34.1 Å². The summed E-state index contributed by atoms with van der Waals surface area (Å²) < 4.78 is 0.